The number of aryl methyl sites for hydroxylation is 1. The zero-order chi connectivity index (χ0) is 40.9. The molecule has 4 amide bonds. The van der Waals surface area contributed by atoms with Crippen LogP contribution in [0.4, 0.5) is 9.59 Å². The maximum atomic E-state index is 13.9. The number of alkyl carbamates (subject to hydrolysis) is 2. The first-order valence-electron chi connectivity index (χ1n) is 19.6. The number of aromatic amines is 2. The van der Waals surface area contributed by atoms with E-state index in [0.717, 1.165) is 70.8 Å². The van der Waals surface area contributed by atoms with Crippen LogP contribution in [0.5, 0.6) is 0 Å². The number of H-pyrrole nitrogens is 2. The lowest BCUT2D eigenvalue weighted by Crippen LogP contribution is -2.51. The van der Waals surface area contributed by atoms with Gasteiger partial charge >= 0.3 is 12.2 Å². The van der Waals surface area contributed by atoms with Gasteiger partial charge in [-0.05, 0) is 53.9 Å². The van der Waals surface area contributed by atoms with Crippen LogP contribution in [0, 0.1) is 5.92 Å². The van der Waals surface area contributed by atoms with Crippen LogP contribution in [0.3, 0.4) is 0 Å². The number of carbonyl (C=O) groups is 4. The largest absolute Gasteiger partial charge is 0.453 e. The van der Waals surface area contributed by atoms with Gasteiger partial charge in [0.2, 0.25) is 11.8 Å². The molecule has 5 heterocycles. The normalized spacial score (nSPS) is 17.6. The van der Waals surface area contributed by atoms with E-state index in [1.165, 1.54) is 14.2 Å². The summed E-state index contributed by atoms with van der Waals surface area (Å²) >= 11 is 0. The molecule has 2 fully saturated rings. The summed E-state index contributed by atoms with van der Waals surface area (Å²) in [6.45, 7) is 4.94. The van der Waals surface area contributed by atoms with Gasteiger partial charge in [0.15, 0.2) is 0 Å². The molecule has 58 heavy (non-hydrogen) atoms. The van der Waals surface area contributed by atoms with E-state index in [4.69, 9.17) is 14.5 Å². The van der Waals surface area contributed by atoms with Gasteiger partial charge < -0.3 is 44.4 Å². The van der Waals surface area contributed by atoms with Crippen molar-refractivity contribution in [2.45, 2.75) is 70.1 Å². The lowest BCUT2D eigenvalue weighted by molar-refractivity contribution is -0.135. The van der Waals surface area contributed by atoms with Gasteiger partial charge in [-0.1, -0.05) is 62.4 Å². The molecule has 2 aliphatic rings. The second-order valence-corrected chi connectivity index (χ2v) is 15.1. The van der Waals surface area contributed by atoms with E-state index < -0.39 is 24.3 Å². The van der Waals surface area contributed by atoms with Crippen molar-refractivity contribution in [3.63, 3.8) is 0 Å². The van der Waals surface area contributed by atoms with Crippen LogP contribution in [-0.4, -0.2) is 103 Å². The summed E-state index contributed by atoms with van der Waals surface area (Å²) in [5.41, 5.74) is 6.53. The minimum absolute atomic E-state index is 0.109. The maximum Gasteiger partial charge on any atom is 0.407 e. The highest BCUT2D eigenvalue weighted by atomic mass is 16.5. The number of methoxy groups -OCH3 is 2. The first kappa shape index (κ1) is 39.8. The second kappa shape index (κ2) is 17.4. The molecule has 304 valence electrons. The lowest BCUT2D eigenvalue weighted by atomic mass is 10.0. The Hall–Kier alpha value is -6.45. The van der Waals surface area contributed by atoms with E-state index in [1.54, 1.807) is 34.7 Å². The van der Waals surface area contributed by atoms with Crippen molar-refractivity contribution < 1.29 is 28.7 Å². The highest BCUT2D eigenvalue weighted by Crippen LogP contribution is 2.35. The molecule has 2 aliphatic heterocycles. The molecule has 2 saturated heterocycles. The molecule has 16 nitrogen and oxygen atoms in total. The number of ether oxygens (including phenoxy) is 2. The Balaban J connectivity index is 1.00. The van der Waals surface area contributed by atoms with Crippen LogP contribution in [-0.2, 0) is 32.5 Å². The number of aromatic nitrogens is 6. The van der Waals surface area contributed by atoms with E-state index in [0.29, 0.717) is 18.9 Å². The van der Waals surface area contributed by atoms with Crippen molar-refractivity contribution in [1.29, 1.82) is 0 Å². The minimum atomic E-state index is -0.821. The Morgan fingerprint density at radius 1 is 0.724 bits per heavy atom. The Kier molecular flexibility index (Phi) is 11.9. The quantitative estimate of drug-likeness (QED) is 0.126. The van der Waals surface area contributed by atoms with Crippen LogP contribution >= 0.6 is 0 Å². The molecule has 4 atom stereocenters. The number of nitrogens with one attached hydrogen (secondary N) is 4. The molecule has 0 radical (unpaired) electrons. The fraction of sp³-hybridized carbons (Fsp3) is 0.405. The Bertz CT molecular complexity index is 2230. The monoisotopic (exact) mass is 790 g/mol. The number of imidazole rings is 3. The van der Waals surface area contributed by atoms with Crippen LogP contribution in [0.25, 0.3) is 33.6 Å². The third kappa shape index (κ3) is 8.45. The summed E-state index contributed by atoms with van der Waals surface area (Å²) in [6, 6.07) is 14.5. The predicted octanol–water partition coefficient (Wildman–Crippen LogP) is 5.54. The fourth-order valence-corrected chi connectivity index (χ4v) is 7.89. The summed E-state index contributed by atoms with van der Waals surface area (Å²) in [7, 11) is 4.41. The molecule has 0 bridgehead atoms. The topological polar surface area (TPSA) is 192 Å². The molecule has 7 rings (SSSR count). The average Bonchev–Trinajstić information content (AvgIpc) is 4.10. The van der Waals surface area contributed by atoms with Gasteiger partial charge in [-0.2, -0.15) is 0 Å². The molecule has 0 aliphatic carbocycles. The Morgan fingerprint density at radius 2 is 1.21 bits per heavy atom. The Labute approximate surface area is 336 Å². The van der Waals surface area contributed by atoms with Crippen molar-refractivity contribution >= 4 is 24.0 Å². The van der Waals surface area contributed by atoms with Crippen LogP contribution < -0.4 is 10.6 Å². The molecule has 16 heteroatoms. The molecule has 4 N–H and O–H groups in total. The van der Waals surface area contributed by atoms with Crippen LogP contribution in [0.1, 0.15) is 69.0 Å². The van der Waals surface area contributed by atoms with E-state index in [1.807, 2.05) is 49.7 Å². The SMILES string of the molecule is COC(=O)NC(C(=O)N1CCC[C@H]1c1ncc(-c2ccc(-c3ccc(-c4cnc([C@@H]5CCCN5C(=O)[C@H](Cc5cncn5C)NC(=O)OC)[nH]4)cc3)cc2)[nH]1)C(C)C. The molecule has 1 unspecified atom stereocenters. The third-order valence-electron chi connectivity index (χ3n) is 11.1. The third-order valence-corrected chi connectivity index (χ3v) is 11.1. The number of hydrogen-bond acceptors (Lipinski definition) is 9. The van der Waals surface area contributed by atoms with E-state index in [2.05, 4.69) is 54.8 Å². The summed E-state index contributed by atoms with van der Waals surface area (Å²) < 4.78 is 11.4. The summed E-state index contributed by atoms with van der Waals surface area (Å²) in [5.74, 6) is 0.962. The number of carbonyl (C=O) groups excluding carboxylic acids is 4. The van der Waals surface area contributed by atoms with Gasteiger partial charge in [0, 0.05) is 38.4 Å². The first-order chi connectivity index (χ1) is 28.0. The smallest absolute Gasteiger partial charge is 0.407 e. The molecule has 0 spiro atoms. The van der Waals surface area contributed by atoms with Gasteiger partial charge in [-0.3, -0.25) is 9.59 Å². The highest BCUT2D eigenvalue weighted by molar-refractivity contribution is 5.87. The van der Waals surface area contributed by atoms with Crippen molar-refractivity contribution in [2.24, 2.45) is 13.0 Å². The van der Waals surface area contributed by atoms with E-state index in [-0.39, 0.29) is 36.2 Å². The van der Waals surface area contributed by atoms with Crippen LogP contribution in [0.2, 0.25) is 0 Å². The van der Waals surface area contributed by atoms with Crippen molar-refractivity contribution in [1.82, 2.24) is 49.9 Å². The van der Waals surface area contributed by atoms with E-state index >= 15 is 0 Å². The highest BCUT2D eigenvalue weighted by Gasteiger charge is 2.38. The predicted molar refractivity (Wildman–Crippen MR) is 215 cm³/mol. The van der Waals surface area contributed by atoms with E-state index in [9.17, 15) is 19.2 Å². The van der Waals surface area contributed by atoms with Crippen molar-refractivity contribution in [3.05, 3.63) is 90.8 Å². The summed E-state index contributed by atoms with van der Waals surface area (Å²) in [5, 5.41) is 5.41. The molecular weight excluding hydrogens is 741 g/mol. The van der Waals surface area contributed by atoms with Gasteiger partial charge in [0.25, 0.3) is 0 Å². The second-order valence-electron chi connectivity index (χ2n) is 15.1. The lowest BCUT2D eigenvalue weighted by Gasteiger charge is -2.30. The molecule has 3 aromatic heterocycles. The standard InChI is InChI=1S/C42H50N10O6/c1-25(2)36(49-42(56)58-5)40(54)52-19-7-9-35(52)38-45-23-33(47-38)29-16-12-27(13-17-29)26-10-14-28(15-11-26)32-22-44-37(46-32)34-8-6-18-51(34)39(53)31(48-41(55)57-4)20-30-21-43-24-50(30)3/h10-17,21-25,31,34-36H,6-9,18-20H2,1-5H3,(H,44,46)(H,45,47)(H,48,55)(H,49,56)/t31-,34-,35-,36?/m0/s1. The van der Waals surface area contributed by atoms with Gasteiger partial charge in [0.1, 0.15) is 23.7 Å². The van der Waals surface area contributed by atoms with Gasteiger partial charge in [-0.15, -0.1) is 0 Å². The zero-order valence-electron chi connectivity index (χ0n) is 33.4. The first-order valence-corrected chi connectivity index (χ1v) is 19.6. The molecule has 5 aromatic rings. The number of nitrogens with zero attached hydrogens (tertiary/aromatic N) is 6. The number of benzene rings is 2. The summed E-state index contributed by atoms with van der Waals surface area (Å²) in [4.78, 5) is 75.6. The van der Waals surface area contributed by atoms with Crippen LogP contribution in [0.15, 0.2) is 73.4 Å². The molecule has 2 aromatic carbocycles. The Morgan fingerprint density at radius 3 is 1.67 bits per heavy atom. The van der Waals surface area contributed by atoms with Gasteiger partial charge in [0.05, 0.1) is 56.4 Å². The maximum absolute atomic E-state index is 13.9. The van der Waals surface area contributed by atoms with Crippen molar-refractivity contribution in [3.8, 4) is 33.6 Å². The zero-order valence-corrected chi connectivity index (χ0v) is 33.4. The number of likely N-dealkylation sites (tertiary alicyclic amines) is 2. The number of rotatable bonds is 12. The van der Waals surface area contributed by atoms with Gasteiger partial charge in [-0.25, -0.2) is 24.5 Å². The molecular formula is C42H50N10O6. The summed E-state index contributed by atoms with van der Waals surface area (Å²) in [6.07, 6.45) is 9.10. The fourth-order valence-electron chi connectivity index (χ4n) is 7.89. The average molecular weight is 791 g/mol. The molecule has 0 saturated carbocycles. The van der Waals surface area contributed by atoms with Crippen molar-refractivity contribution in [2.75, 3.05) is 27.3 Å². The number of hydrogen-bond donors (Lipinski definition) is 4. The number of amides is 4. The minimum Gasteiger partial charge on any atom is -0.453 e.